The monoisotopic (exact) mass is 455 g/mol. The molecule has 1 amide bonds. The Kier molecular flexibility index (Phi) is 9.93. The van der Waals surface area contributed by atoms with E-state index in [1.54, 1.807) is 26.1 Å². The van der Waals surface area contributed by atoms with Crippen LogP contribution in [0.3, 0.4) is 0 Å². The van der Waals surface area contributed by atoms with Crippen LogP contribution in [0.1, 0.15) is 20.8 Å². The molecule has 1 rings (SSSR count). The Balaban J connectivity index is 0. The van der Waals surface area contributed by atoms with E-state index in [-0.39, 0.29) is 55.1 Å². The van der Waals surface area contributed by atoms with Crippen molar-refractivity contribution in [1.82, 2.24) is 4.31 Å². The van der Waals surface area contributed by atoms with Gasteiger partial charge in [-0.1, -0.05) is 14.4 Å². The van der Waals surface area contributed by atoms with Crippen molar-refractivity contribution in [2.45, 2.75) is 25.7 Å². The number of nitrogens with zero attached hydrogens (tertiary/aromatic N) is 2. The number of carbonyl (C=O) groups excluding carboxylic acids is 1. The largest absolute Gasteiger partial charge is 0.316 e. The number of hydrogen-bond donors (Lipinski definition) is 0. The molecule has 0 aliphatic rings. The molecule has 0 unspecified atom stereocenters. The molecule has 0 spiro atoms. The van der Waals surface area contributed by atoms with E-state index in [1.165, 1.54) is 31.1 Å². The van der Waals surface area contributed by atoms with E-state index in [9.17, 15) is 13.2 Å². The Bertz CT molecular complexity index is 527. The molecule has 0 saturated heterocycles. The molecule has 0 fully saturated rings. The summed E-state index contributed by atoms with van der Waals surface area (Å²) in [5.74, 6) is -0.0155. The van der Waals surface area contributed by atoms with Gasteiger partial charge in [-0.3, -0.25) is 4.79 Å². The number of rotatable bonds is 4. The van der Waals surface area contributed by atoms with Crippen LogP contribution in [0.4, 0.5) is 5.69 Å². The molecule has 1 radical (unpaired) electrons. The van der Waals surface area contributed by atoms with E-state index in [1.807, 2.05) is 0 Å². The van der Waals surface area contributed by atoms with Gasteiger partial charge in [0.15, 0.2) is 0 Å². The second kappa shape index (κ2) is 8.98. The molecule has 5 nitrogen and oxygen atoms in total. The Morgan fingerprint density at radius 2 is 1.55 bits per heavy atom. The summed E-state index contributed by atoms with van der Waals surface area (Å²) >= 11 is 0. The van der Waals surface area contributed by atoms with Crippen molar-refractivity contribution >= 4 is 21.6 Å². The molecule has 1 aromatic carbocycles. The molecular weight excluding hydrogens is 433 g/mol. The third kappa shape index (κ3) is 4.99. The fourth-order valence-electron chi connectivity index (χ4n) is 1.43. The van der Waals surface area contributed by atoms with Crippen LogP contribution in [0, 0.1) is 36.9 Å². The Hall–Kier alpha value is -0.166. The smallest absolute Gasteiger partial charge is 0.242 e. The molecule has 0 bridgehead atoms. The predicted octanol–water partition coefficient (Wildman–Crippen LogP) is 1.95. The second-order valence-electron chi connectivity index (χ2n) is 4.09. The van der Waals surface area contributed by atoms with Gasteiger partial charge >= 0.3 is 0 Å². The number of carbonyl (C=O) groups is 1. The summed E-state index contributed by atoms with van der Waals surface area (Å²) in [7, 11) is 1.22. The van der Waals surface area contributed by atoms with E-state index in [0.29, 0.717) is 12.1 Å². The van der Waals surface area contributed by atoms with Gasteiger partial charge < -0.3 is 4.90 Å². The molecule has 0 aliphatic carbocycles. The van der Waals surface area contributed by atoms with Crippen molar-refractivity contribution < 1.29 is 50.1 Å². The van der Waals surface area contributed by atoms with Gasteiger partial charge in [-0.05, 0) is 24.3 Å². The quantitative estimate of drug-likeness (QED) is 0.698. The predicted molar refractivity (Wildman–Crippen MR) is 77.7 cm³/mol. The summed E-state index contributed by atoms with van der Waals surface area (Å²) in [5, 5.41) is 0. The van der Waals surface area contributed by atoms with Crippen molar-refractivity contribution in [2.75, 3.05) is 26.0 Å². The number of amides is 1. The zero-order chi connectivity index (χ0) is 13.9. The van der Waals surface area contributed by atoms with E-state index in [4.69, 9.17) is 0 Å². The van der Waals surface area contributed by atoms with Gasteiger partial charge in [-0.2, -0.15) is 0 Å². The molecule has 20 heavy (non-hydrogen) atoms. The zero-order valence-electron chi connectivity index (χ0n) is 11.3. The minimum atomic E-state index is -3.42. The second-order valence-corrected chi connectivity index (χ2v) is 6.24. The van der Waals surface area contributed by atoms with Gasteiger partial charge in [0.2, 0.25) is 15.9 Å². The minimum absolute atomic E-state index is 0. The number of anilines is 1. The average molecular weight is 455 g/mol. The van der Waals surface area contributed by atoms with E-state index in [0.717, 1.165) is 4.31 Å². The number of benzene rings is 1. The van der Waals surface area contributed by atoms with E-state index in [2.05, 4.69) is 0 Å². The molecule has 0 heterocycles. The zero-order valence-corrected chi connectivity index (χ0v) is 13.9. The summed E-state index contributed by atoms with van der Waals surface area (Å²) in [6.07, 6.45) is 0.411. The van der Waals surface area contributed by atoms with Crippen LogP contribution in [0.5, 0.6) is 0 Å². The van der Waals surface area contributed by atoms with Crippen LogP contribution >= 0.6 is 0 Å². The van der Waals surface area contributed by atoms with Gasteiger partial charge in [0.1, 0.15) is 0 Å². The molecule has 121 valence electrons. The van der Waals surface area contributed by atoms with E-state index < -0.39 is 10.0 Å². The maximum Gasteiger partial charge on any atom is 0.242 e. The third-order valence-corrected chi connectivity index (χ3v) is 4.51. The molecule has 0 N–H and O–H groups in total. The minimum Gasteiger partial charge on any atom is -0.316 e. The number of hydrogen-bond acceptors (Lipinski definition) is 3. The van der Waals surface area contributed by atoms with Crippen LogP contribution in [-0.4, -0.2) is 39.8 Å². The first-order chi connectivity index (χ1) is 8.30. The van der Waals surface area contributed by atoms with Crippen LogP contribution < -0.4 is 4.90 Å². The fraction of sp³-hybridized carbons (Fsp3) is 0.462. The standard InChI is InChI=1S/C12H18N2O3S.CH4.Tm/c1-5-12(15)14(4)10-6-8-11(9-7-10)18(16,17)13(2)3;;/h6-9H,5H2,1-4H3;1H4;. The maximum atomic E-state index is 11.8. The molecule has 7 heteroatoms. The molecule has 0 saturated carbocycles. The van der Waals surface area contributed by atoms with Crippen LogP contribution in [0.15, 0.2) is 29.2 Å². The summed E-state index contributed by atoms with van der Waals surface area (Å²) in [6.45, 7) is 1.78. The SMILES string of the molecule is C.CCC(=O)N(C)c1ccc(S(=O)(=O)N(C)C)cc1.[Tm]. The van der Waals surface area contributed by atoms with Crippen molar-refractivity contribution in [3.63, 3.8) is 0 Å². The van der Waals surface area contributed by atoms with Crippen LogP contribution in [-0.2, 0) is 14.8 Å². The Labute approximate surface area is 151 Å². The van der Waals surface area contributed by atoms with Crippen LogP contribution in [0.25, 0.3) is 0 Å². The first-order valence-electron chi connectivity index (χ1n) is 5.60. The molecule has 0 aliphatic heterocycles. The molecular formula is C13H22N2O3STm. The van der Waals surface area contributed by atoms with Gasteiger partial charge in [-0.15, -0.1) is 0 Å². The van der Waals surface area contributed by atoms with Gasteiger partial charge in [0.05, 0.1) is 4.90 Å². The first-order valence-corrected chi connectivity index (χ1v) is 7.04. The fourth-order valence-corrected chi connectivity index (χ4v) is 2.34. The summed E-state index contributed by atoms with van der Waals surface area (Å²) in [6, 6.07) is 6.27. The van der Waals surface area contributed by atoms with Gasteiger partial charge in [0, 0.05) is 70.1 Å². The summed E-state index contributed by atoms with van der Waals surface area (Å²) < 4.78 is 24.9. The molecule has 0 aromatic heterocycles. The Morgan fingerprint density at radius 1 is 1.10 bits per heavy atom. The molecule has 0 atom stereocenters. The summed E-state index contributed by atoms with van der Waals surface area (Å²) in [4.78, 5) is 13.2. The third-order valence-electron chi connectivity index (χ3n) is 2.68. The Morgan fingerprint density at radius 3 is 1.90 bits per heavy atom. The van der Waals surface area contributed by atoms with Crippen molar-refractivity contribution in [3.05, 3.63) is 24.3 Å². The van der Waals surface area contributed by atoms with Crippen LogP contribution in [0.2, 0.25) is 0 Å². The normalized spacial score (nSPS) is 10.4. The maximum absolute atomic E-state index is 11.8. The van der Waals surface area contributed by atoms with Gasteiger partial charge in [0.25, 0.3) is 0 Å². The van der Waals surface area contributed by atoms with Crippen molar-refractivity contribution in [1.29, 1.82) is 0 Å². The first kappa shape index (κ1) is 22.1. The van der Waals surface area contributed by atoms with Crippen molar-refractivity contribution in [3.8, 4) is 0 Å². The summed E-state index contributed by atoms with van der Waals surface area (Å²) in [5.41, 5.74) is 0.680. The van der Waals surface area contributed by atoms with E-state index >= 15 is 0 Å². The van der Waals surface area contributed by atoms with Gasteiger partial charge in [-0.25, -0.2) is 12.7 Å². The number of sulfonamides is 1. The van der Waals surface area contributed by atoms with Crippen molar-refractivity contribution in [2.24, 2.45) is 0 Å². The molecule has 1 aromatic rings. The average Bonchev–Trinajstić information content (AvgIpc) is 2.36. The topological polar surface area (TPSA) is 57.7 Å².